The minimum atomic E-state index is -1.11. The van der Waals surface area contributed by atoms with E-state index in [1.807, 2.05) is 30.3 Å². The van der Waals surface area contributed by atoms with Crippen molar-refractivity contribution in [1.29, 1.82) is 0 Å². The quantitative estimate of drug-likeness (QED) is 0.872. The van der Waals surface area contributed by atoms with Gasteiger partial charge < -0.3 is 10.0 Å². The molecular weight excluding hydrogens is 246 g/mol. The number of aryl methyl sites for hydroxylation is 1. The number of likely N-dealkylation sites (tertiary alicyclic amines) is 1. The fourth-order valence-corrected chi connectivity index (χ4v) is 2.21. The van der Waals surface area contributed by atoms with Gasteiger partial charge in [0.25, 0.3) is 0 Å². The highest BCUT2D eigenvalue weighted by Crippen LogP contribution is 2.17. The van der Waals surface area contributed by atoms with Crippen molar-refractivity contribution in [2.75, 3.05) is 6.54 Å². The highest BCUT2D eigenvalue weighted by Gasteiger charge is 2.38. The van der Waals surface area contributed by atoms with Gasteiger partial charge in [-0.15, -0.1) is 0 Å². The fourth-order valence-electron chi connectivity index (χ4n) is 2.21. The van der Waals surface area contributed by atoms with Gasteiger partial charge in [0.15, 0.2) is 5.78 Å². The molecule has 2 rings (SSSR count). The van der Waals surface area contributed by atoms with E-state index in [0.717, 1.165) is 5.56 Å². The molecule has 0 bridgehead atoms. The molecule has 0 aromatic heterocycles. The Morgan fingerprint density at radius 3 is 2.58 bits per heavy atom. The minimum Gasteiger partial charge on any atom is -0.480 e. The zero-order chi connectivity index (χ0) is 13.8. The number of hydrogen-bond donors (Lipinski definition) is 1. The molecule has 19 heavy (non-hydrogen) atoms. The summed E-state index contributed by atoms with van der Waals surface area (Å²) in [6.45, 7) is -0.0788. The molecule has 100 valence electrons. The molecule has 1 aromatic rings. The lowest BCUT2D eigenvalue weighted by Gasteiger charge is -2.20. The van der Waals surface area contributed by atoms with Crippen molar-refractivity contribution in [1.82, 2.24) is 4.90 Å². The lowest BCUT2D eigenvalue weighted by molar-refractivity contribution is -0.148. The summed E-state index contributed by atoms with van der Waals surface area (Å²) in [4.78, 5) is 35.4. The van der Waals surface area contributed by atoms with Crippen LogP contribution < -0.4 is 0 Å². The second-order valence-corrected chi connectivity index (χ2v) is 4.60. The molecule has 0 radical (unpaired) electrons. The van der Waals surface area contributed by atoms with E-state index >= 15 is 0 Å². The van der Waals surface area contributed by atoms with Gasteiger partial charge in [-0.3, -0.25) is 9.59 Å². The van der Waals surface area contributed by atoms with Gasteiger partial charge in [-0.25, -0.2) is 4.79 Å². The van der Waals surface area contributed by atoms with Gasteiger partial charge in [0.05, 0.1) is 6.54 Å². The van der Waals surface area contributed by atoms with Crippen LogP contribution in [-0.4, -0.2) is 40.3 Å². The van der Waals surface area contributed by atoms with Crippen molar-refractivity contribution >= 4 is 17.7 Å². The van der Waals surface area contributed by atoms with Crippen LogP contribution in [0.1, 0.15) is 18.4 Å². The molecule has 1 saturated heterocycles. The van der Waals surface area contributed by atoms with E-state index in [9.17, 15) is 14.4 Å². The molecule has 1 aromatic carbocycles. The number of benzene rings is 1. The van der Waals surface area contributed by atoms with Crippen LogP contribution in [0.15, 0.2) is 30.3 Å². The highest BCUT2D eigenvalue weighted by atomic mass is 16.4. The van der Waals surface area contributed by atoms with Crippen molar-refractivity contribution < 1.29 is 19.5 Å². The minimum absolute atomic E-state index is 0.0770. The molecule has 1 atom stereocenters. The fraction of sp³-hybridized carbons (Fsp3) is 0.357. The molecule has 1 fully saturated rings. The molecule has 1 aliphatic rings. The number of Topliss-reactive ketones (excluding diaryl/α,β-unsaturated/α-hetero) is 1. The first-order valence-electron chi connectivity index (χ1n) is 6.16. The van der Waals surface area contributed by atoms with Crippen LogP contribution in [0, 0.1) is 0 Å². The molecule has 0 saturated carbocycles. The van der Waals surface area contributed by atoms with E-state index < -0.39 is 12.0 Å². The second-order valence-electron chi connectivity index (χ2n) is 4.60. The van der Waals surface area contributed by atoms with Crippen LogP contribution in [-0.2, 0) is 20.8 Å². The van der Waals surface area contributed by atoms with Crippen molar-refractivity contribution in [3.63, 3.8) is 0 Å². The number of ketones is 1. The lowest BCUT2D eigenvalue weighted by atomic mass is 10.1. The SMILES string of the molecule is O=C1CC(C(=O)O)N(C(=O)CCc2ccccc2)C1. The molecule has 1 aliphatic heterocycles. The van der Waals surface area contributed by atoms with Crippen molar-refractivity contribution in [3.8, 4) is 0 Å². The van der Waals surface area contributed by atoms with Gasteiger partial charge in [-0.2, -0.15) is 0 Å². The molecule has 1 unspecified atom stereocenters. The lowest BCUT2D eigenvalue weighted by Crippen LogP contribution is -2.40. The van der Waals surface area contributed by atoms with Gasteiger partial charge in [-0.05, 0) is 12.0 Å². The molecule has 1 N–H and O–H groups in total. The predicted molar refractivity (Wildman–Crippen MR) is 67.5 cm³/mol. The number of carboxylic acids is 1. The van der Waals surface area contributed by atoms with Gasteiger partial charge in [0.2, 0.25) is 5.91 Å². The number of aliphatic carboxylic acids is 1. The first-order valence-corrected chi connectivity index (χ1v) is 6.16. The van der Waals surface area contributed by atoms with Crippen LogP contribution in [0.3, 0.4) is 0 Å². The standard InChI is InChI=1S/C14H15NO4/c16-11-8-12(14(18)19)15(9-11)13(17)7-6-10-4-2-1-3-5-10/h1-5,12H,6-9H2,(H,18,19). The Hall–Kier alpha value is -2.17. The number of carboxylic acid groups (broad SMARTS) is 1. The number of nitrogens with zero attached hydrogens (tertiary/aromatic N) is 1. The summed E-state index contributed by atoms with van der Waals surface area (Å²) in [6, 6.07) is 8.51. The Balaban J connectivity index is 1.96. The summed E-state index contributed by atoms with van der Waals surface area (Å²) in [5, 5.41) is 8.99. The summed E-state index contributed by atoms with van der Waals surface area (Å²) >= 11 is 0. The third-order valence-corrected chi connectivity index (χ3v) is 3.22. The number of carbonyl (C=O) groups is 3. The van der Waals surface area contributed by atoms with Crippen LogP contribution in [0.4, 0.5) is 0 Å². The Morgan fingerprint density at radius 1 is 1.26 bits per heavy atom. The van der Waals surface area contributed by atoms with Gasteiger partial charge >= 0.3 is 5.97 Å². The number of carbonyl (C=O) groups excluding carboxylic acids is 2. The molecule has 1 heterocycles. The monoisotopic (exact) mass is 261 g/mol. The van der Waals surface area contributed by atoms with E-state index in [0.29, 0.717) is 6.42 Å². The molecule has 0 spiro atoms. The molecule has 5 nitrogen and oxygen atoms in total. The van der Waals surface area contributed by atoms with Crippen LogP contribution in [0.5, 0.6) is 0 Å². The topological polar surface area (TPSA) is 74.7 Å². The summed E-state index contributed by atoms with van der Waals surface area (Å²) < 4.78 is 0. The van der Waals surface area contributed by atoms with E-state index in [1.54, 1.807) is 0 Å². The maximum atomic E-state index is 12.0. The third-order valence-electron chi connectivity index (χ3n) is 3.22. The number of hydrogen-bond acceptors (Lipinski definition) is 3. The molecule has 1 amide bonds. The van der Waals surface area contributed by atoms with Crippen molar-refractivity contribution in [2.45, 2.75) is 25.3 Å². The Kier molecular flexibility index (Phi) is 3.94. The van der Waals surface area contributed by atoms with E-state index in [2.05, 4.69) is 0 Å². The summed E-state index contributed by atoms with van der Waals surface area (Å²) in [5.74, 6) is -1.58. The number of amides is 1. The van der Waals surface area contributed by atoms with Gasteiger partial charge in [0, 0.05) is 12.8 Å². The van der Waals surface area contributed by atoms with E-state index in [1.165, 1.54) is 4.90 Å². The second kappa shape index (κ2) is 5.65. The van der Waals surface area contributed by atoms with Crippen molar-refractivity contribution in [2.24, 2.45) is 0 Å². The van der Waals surface area contributed by atoms with E-state index in [4.69, 9.17) is 5.11 Å². The molecule has 5 heteroatoms. The predicted octanol–water partition coefficient (Wildman–Crippen LogP) is 0.874. The molecular formula is C14H15NO4. The smallest absolute Gasteiger partial charge is 0.326 e. The average Bonchev–Trinajstić information content (AvgIpc) is 2.79. The number of rotatable bonds is 4. The Labute approximate surface area is 110 Å². The first kappa shape index (κ1) is 13.3. The first-order chi connectivity index (χ1) is 9.08. The van der Waals surface area contributed by atoms with Gasteiger partial charge in [0.1, 0.15) is 6.04 Å². The van der Waals surface area contributed by atoms with Crippen LogP contribution >= 0.6 is 0 Å². The Bertz CT molecular complexity index is 497. The summed E-state index contributed by atoms with van der Waals surface area (Å²) in [6.07, 6.45) is 0.699. The highest BCUT2D eigenvalue weighted by molar-refractivity contribution is 5.96. The average molecular weight is 261 g/mol. The van der Waals surface area contributed by atoms with Crippen LogP contribution in [0.2, 0.25) is 0 Å². The van der Waals surface area contributed by atoms with E-state index in [-0.39, 0.29) is 31.1 Å². The van der Waals surface area contributed by atoms with Crippen LogP contribution in [0.25, 0.3) is 0 Å². The maximum absolute atomic E-state index is 12.0. The third kappa shape index (κ3) is 3.19. The summed E-state index contributed by atoms with van der Waals surface area (Å²) in [5.41, 5.74) is 1.02. The Morgan fingerprint density at radius 2 is 1.95 bits per heavy atom. The van der Waals surface area contributed by atoms with Gasteiger partial charge in [-0.1, -0.05) is 30.3 Å². The zero-order valence-corrected chi connectivity index (χ0v) is 10.4. The summed E-state index contributed by atoms with van der Waals surface area (Å²) in [7, 11) is 0. The maximum Gasteiger partial charge on any atom is 0.326 e. The largest absolute Gasteiger partial charge is 0.480 e. The zero-order valence-electron chi connectivity index (χ0n) is 10.4. The molecule has 0 aliphatic carbocycles. The van der Waals surface area contributed by atoms with Crippen molar-refractivity contribution in [3.05, 3.63) is 35.9 Å². The normalized spacial score (nSPS) is 18.6.